The SMILES string of the molecule is CC(NCC1CCCNC1)c1ccc2c(c1)CCCC2. The van der Waals surface area contributed by atoms with Crippen molar-refractivity contribution in [3.05, 3.63) is 34.9 Å². The number of nitrogens with one attached hydrogen (secondary N) is 2. The zero-order valence-corrected chi connectivity index (χ0v) is 12.8. The second-order valence-electron chi connectivity index (χ2n) is 6.58. The summed E-state index contributed by atoms with van der Waals surface area (Å²) in [6.45, 7) is 5.84. The van der Waals surface area contributed by atoms with E-state index in [1.54, 1.807) is 11.1 Å². The van der Waals surface area contributed by atoms with Crippen LogP contribution < -0.4 is 10.6 Å². The molecular weight excluding hydrogens is 244 g/mol. The summed E-state index contributed by atoms with van der Waals surface area (Å²) in [6, 6.07) is 7.63. The first-order valence-electron chi connectivity index (χ1n) is 8.39. The smallest absolute Gasteiger partial charge is 0.0292 e. The van der Waals surface area contributed by atoms with Crippen LogP contribution in [0, 0.1) is 5.92 Å². The van der Waals surface area contributed by atoms with Gasteiger partial charge in [0.2, 0.25) is 0 Å². The Morgan fingerprint density at radius 1 is 1.20 bits per heavy atom. The molecule has 1 aromatic carbocycles. The van der Waals surface area contributed by atoms with E-state index in [1.165, 1.54) is 57.2 Å². The van der Waals surface area contributed by atoms with Crippen molar-refractivity contribution in [1.82, 2.24) is 10.6 Å². The zero-order chi connectivity index (χ0) is 13.8. The highest BCUT2D eigenvalue weighted by molar-refractivity contribution is 5.35. The van der Waals surface area contributed by atoms with Gasteiger partial charge in [0.1, 0.15) is 0 Å². The summed E-state index contributed by atoms with van der Waals surface area (Å²) >= 11 is 0. The van der Waals surface area contributed by atoms with Gasteiger partial charge in [0.05, 0.1) is 0 Å². The van der Waals surface area contributed by atoms with Gasteiger partial charge in [0.15, 0.2) is 0 Å². The molecule has 1 aliphatic carbocycles. The monoisotopic (exact) mass is 272 g/mol. The molecule has 0 bridgehead atoms. The van der Waals surface area contributed by atoms with Crippen molar-refractivity contribution in [2.45, 2.75) is 51.5 Å². The normalized spacial score (nSPS) is 24.1. The van der Waals surface area contributed by atoms with Crippen molar-refractivity contribution in [3.63, 3.8) is 0 Å². The van der Waals surface area contributed by atoms with Crippen molar-refractivity contribution in [2.75, 3.05) is 19.6 Å². The van der Waals surface area contributed by atoms with Crippen LogP contribution in [0.25, 0.3) is 0 Å². The predicted molar refractivity (Wildman–Crippen MR) is 85.1 cm³/mol. The summed E-state index contributed by atoms with van der Waals surface area (Å²) in [5.74, 6) is 0.809. The van der Waals surface area contributed by atoms with Crippen LogP contribution in [0.3, 0.4) is 0 Å². The molecular formula is C18H28N2. The van der Waals surface area contributed by atoms with Gasteiger partial charge >= 0.3 is 0 Å². The maximum atomic E-state index is 3.74. The minimum Gasteiger partial charge on any atom is -0.316 e. The van der Waals surface area contributed by atoms with Gasteiger partial charge in [-0.3, -0.25) is 0 Å². The van der Waals surface area contributed by atoms with Gasteiger partial charge in [-0.1, -0.05) is 18.2 Å². The fraction of sp³-hybridized carbons (Fsp3) is 0.667. The molecule has 0 radical (unpaired) electrons. The quantitative estimate of drug-likeness (QED) is 0.879. The van der Waals surface area contributed by atoms with Gasteiger partial charge < -0.3 is 10.6 Å². The van der Waals surface area contributed by atoms with Crippen molar-refractivity contribution >= 4 is 0 Å². The Hall–Kier alpha value is -0.860. The molecule has 2 atom stereocenters. The van der Waals surface area contributed by atoms with Crippen LogP contribution in [-0.2, 0) is 12.8 Å². The Balaban J connectivity index is 1.57. The molecule has 0 aromatic heterocycles. The fourth-order valence-electron chi connectivity index (χ4n) is 3.58. The Morgan fingerprint density at radius 2 is 2.05 bits per heavy atom. The molecule has 2 unspecified atom stereocenters. The van der Waals surface area contributed by atoms with E-state index in [0.29, 0.717) is 6.04 Å². The molecule has 2 N–H and O–H groups in total. The minimum atomic E-state index is 0.476. The van der Waals surface area contributed by atoms with Crippen LogP contribution in [0.15, 0.2) is 18.2 Å². The van der Waals surface area contributed by atoms with Crippen LogP contribution in [0.2, 0.25) is 0 Å². The first-order valence-corrected chi connectivity index (χ1v) is 8.39. The van der Waals surface area contributed by atoms with Gasteiger partial charge in [-0.25, -0.2) is 0 Å². The number of hydrogen-bond acceptors (Lipinski definition) is 2. The largest absolute Gasteiger partial charge is 0.316 e. The molecule has 110 valence electrons. The molecule has 1 heterocycles. The summed E-state index contributed by atoms with van der Waals surface area (Å²) in [5.41, 5.74) is 4.65. The summed E-state index contributed by atoms with van der Waals surface area (Å²) in [6.07, 6.45) is 8.00. The van der Waals surface area contributed by atoms with Crippen LogP contribution in [0.1, 0.15) is 55.3 Å². The second-order valence-corrected chi connectivity index (χ2v) is 6.58. The molecule has 2 nitrogen and oxygen atoms in total. The van der Waals surface area contributed by atoms with E-state index in [0.717, 1.165) is 12.5 Å². The van der Waals surface area contributed by atoms with Gasteiger partial charge in [0, 0.05) is 6.04 Å². The second kappa shape index (κ2) is 6.73. The lowest BCUT2D eigenvalue weighted by molar-refractivity contribution is 0.348. The van der Waals surface area contributed by atoms with E-state index >= 15 is 0 Å². The van der Waals surface area contributed by atoms with Crippen LogP contribution in [-0.4, -0.2) is 19.6 Å². The molecule has 3 rings (SSSR count). The predicted octanol–water partition coefficient (Wildman–Crippen LogP) is 3.22. The number of rotatable bonds is 4. The zero-order valence-electron chi connectivity index (χ0n) is 12.8. The Morgan fingerprint density at radius 3 is 2.85 bits per heavy atom. The van der Waals surface area contributed by atoms with E-state index in [-0.39, 0.29) is 0 Å². The maximum Gasteiger partial charge on any atom is 0.0292 e. The molecule has 1 saturated heterocycles. The first kappa shape index (κ1) is 14.1. The van der Waals surface area contributed by atoms with Gasteiger partial charge in [0.25, 0.3) is 0 Å². The molecule has 20 heavy (non-hydrogen) atoms. The fourth-order valence-corrected chi connectivity index (χ4v) is 3.58. The lowest BCUT2D eigenvalue weighted by atomic mass is 9.89. The third kappa shape index (κ3) is 3.42. The van der Waals surface area contributed by atoms with Gasteiger partial charge in [-0.2, -0.15) is 0 Å². The number of fused-ring (bicyclic) bond motifs is 1. The van der Waals surface area contributed by atoms with Gasteiger partial charge in [-0.15, -0.1) is 0 Å². The van der Waals surface area contributed by atoms with E-state index in [9.17, 15) is 0 Å². The van der Waals surface area contributed by atoms with Crippen LogP contribution in [0.5, 0.6) is 0 Å². The highest BCUT2D eigenvalue weighted by Crippen LogP contribution is 2.25. The topological polar surface area (TPSA) is 24.1 Å². The molecule has 1 aliphatic heterocycles. The minimum absolute atomic E-state index is 0.476. The number of benzene rings is 1. The Labute approximate surface area is 123 Å². The molecule has 0 amide bonds. The van der Waals surface area contributed by atoms with Crippen LogP contribution in [0.4, 0.5) is 0 Å². The van der Waals surface area contributed by atoms with Crippen molar-refractivity contribution < 1.29 is 0 Å². The van der Waals surface area contributed by atoms with E-state index in [4.69, 9.17) is 0 Å². The van der Waals surface area contributed by atoms with Crippen molar-refractivity contribution in [3.8, 4) is 0 Å². The molecule has 2 aliphatic rings. The average molecular weight is 272 g/mol. The molecule has 1 aromatic rings. The lowest BCUT2D eigenvalue weighted by Gasteiger charge is -2.25. The lowest BCUT2D eigenvalue weighted by Crippen LogP contribution is -2.36. The summed E-state index contributed by atoms with van der Waals surface area (Å²) in [7, 11) is 0. The standard InChI is InChI=1S/C18H28N2/c1-14(20-13-15-5-4-10-19-12-15)17-9-8-16-6-2-3-7-18(16)11-17/h8-9,11,14-15,19-20H,2-7,10,12-13H2,1H3. The van der Waals surface area contributed by atoms with Gasteiger partial charge in [-0.05, 0) is 87.7 Å². The van der Waals surface area contributed by atoms with E-state index in [2.05, 4.69) is 35.8 Å². The summed E-state index contributed by atoms with van der Waals surface area (Å²) in [5, 5.41) is 7.23. The third-order valence-electron chi connectivity index (χ3n) is 4.98. The number of hydrogen-bond donors (Lipinski definition) is 2. The number of aryl methyl sites for hydroxylation is 2. The Bertz CT molecular complexity index is 435. The summed E-state index contributed by atoms with van der Waals surface area (Å²) < 4.78 is 0. The first-order chi connectivity index (χ1) is 9.83. The highest BCUT2D eigenvalue weighted by Gasteiger charge is 2.15. The van der Waals surface area contributed by atoms with Crippen LogP contribution >= 0.6 is 0 Å². The van der Waals surface area contributed by atoms with Crippen molar-refractivity contribution in [2.24, 2.45) is 5.92 Å². The summed E-state index contributed by atoms with van der Waals surface area (Å²) in [4.78, 5) is 0. The van der Waals surface area contributed by atoms with E-state index in [1.807, 2.05) is 0 Å². The maximum absolute atomic E-state index is 3.74. The molecule has 0 spiro atoms. The average Bonchev–Trinajstić information content (AvgIpc) is 2.53. The molecule has 1 fully saturated rings. The van der Waals surface area contributed by atoms with E-state index < -0.39 is 0 Å². The van der Waals surface area contributed by atoms with Crippen molar-refractivity contribution in [1.29, 1.82) is 0 Å². The highest BCUT2D eigenvalue weighted by atomic mass is 14.9. The Kier molecular flexibility index (Phi) is 4.74. The molecule has 0 saturated carbocycles. The number of piperidine rings is 1. The molecule has 2 heteroatoms. The third-order valence-corrected chi connectivity index (χ3v) is 4.98.